The molecule has 0 aromatic carbocycles. The van der Waals surface area contributed by atoms with Crippen LogP contribution < -0.4 is 0 Å². The number of rotatable bonds is 5. The van der Waals surface area contributed by atoms with E-state index in [0.717, 1.165) is 0 Å². The van der Waals surface area contributed by atoms with Crippen LogP contribution in [0.4, 0.5) is 0 Å². The number of cyclic esters (lactones) is 1. The predicted molar refractivity (Wildman–Crippen MR) is 67.6 cm³/mol. The molecular formula is C12H14O7S. The molecule has 2 heterocycles. The molecule has 1 aliphatic rings. The molecule has 1 saturated heterocycles. The molecule has 8 heteroatoms. The van der Waals surface area contributed by atoms with Crippen LogP contribution in [0.5, 0.6) is 0 Å². The molecule has 1 aliphatic heterocycles. The van der Waals surface area contributed by atoms with Gasteiger partial charge in [-0.2, -0.15) is 11.8 Å². The number of Topliss-reactive ketones (excluding diaryl/α,β-unsaturated/α-hetero) is 1. The van der Waals surface area contributed by atoms with Crippen molar-refractivity contribution in [3.05, 3.63) is 23.7 Å². The summed E-state index contributed by atoms with van der Waals surface area (Å²) < 4.78 is 9.99. The number of carbonyl (C=O) groups is 2. The van der Waals surface area contributed by atoms with Crippen molar-refractivity contribution in [2.45, 2.75) is 30.2 Å². The molecule has 1 fully saturated rings. The summed E-state index contributed by atoms with van der Waals surface area (Å²) in [5.41, 5.74) is -2.52. The second-order valence-corrected chi connectivity index (χ2v) is 5.25. The van der Waals surface area contributed by atoms with Crippen LogP contribution in [0.15, 0.2) is 16.5 Å². The van der Waals surface area contributed by atoms with Gasteiger partial charge >= 0.3 is 5.97 Å². The van der Waals surface area contributed by atoms with Gasteiger partial charge in [-0.3, -0.25) is 4.79 Å². The van der Waals surface area contributed by atoms with Crippen LogP contribution in [0.2, 0.25) is 0 Å². The quantitative estimate of drug-likeness (QED) is 0.379. The number of aliphatic hydroxyl groups is 3. The molecule has 0 amide bonds. The standard InChI is InChI=1S/C12H14O7S/c1-20-5-6-2-3-8(18-6)12(17)10(15)7(4-9(13)14)19-11(12)16/h2-3,7,9,13-14,17H,4-5H2,1H3. The van der Waals surface area contributed by atoms with Gasteiger partial charge in [0.25, 0.3) is 5.60 Å². The van der Waals surface area contributed by atoms with E-state index in [4.69, 9.17) is 19.4 Å². The number of ketones is 1. The van der Waals surface area contributed by atoms with Crippen molar-refractivity contribution in [1.82, 2.24) is 0 Å². The van der Waals surface area contributed by atoms with E-state index < -0.39 is 36.2 Å². The monoisotopic (exact) mass is 302 g/mol. The lowest BCUT2D eigenvalue weighted by molar-refractivity contribution is -0.159. The average Bonchev–Trinajstić information content (AvgIpc) is 2.91. The van der Waals surface area contributed by atoms with Gasteiger partial charge < -0.3 is 24.5 Å². The summed E-state index contributed by atoms with van der Waals surface area (Å²) >= 11 is 1.48. The van der Waals surface area contributed by atoms with Crippen LogP contribution >= 0.6 is 11.8 Å². The first-order valence-corrected chi connectivity index (χ1v) is 7.21. The Hall–Kier alpha value is -1.35. The van der Waals surface area contributed by atoms with Gasteiger partial charge in [-0.1, -0.05) is 0 Å². The van der Waals surface area contributed by atoms with Crippen LogP contribution in [0.3, 0.4) is 0 Å². The number of furan rings is 1. The number of thioether (sulfide) groups is 1. The normalized spacial score (nSPS) is 26.4. The molecule has 1 aromatic rings. The number of carbonyl (C=O) groups excluding carboxylic acids is 2. The van der Waals surface area contributed by atoms with E-state index in [1.807, 2.05) is 6.26 Å². The molecule has 2 unspecified atom stereocenters. The summed E-state index contributed by atoms with van der Waals surface area (Å²) in [4.78, 5) is 23.8. The fourth-order valence-electron chi connectivity index (χ4n) is 1.96. The molecule has 20 heavy (non-hydrogen) atoms. The van der Waals surface area contributed by atoms with E-state index in [0.29, 0.717) is 11.5 Å². The van der Waals surface area contributed by atoms with Gasteiger partial charge in [0.05, 0.1) is 5.75 Å². The maximum Gasteiger partial charge on any atom is 0.355 e. The second kappa shape index (κ2) is 5.57. The smallest absolute Gasteiger partial charge is 0.355 e. The van der Waals surface area contributed by atoms with Crippen LogP contribution in [0.25, 0.3) is 0 Å². The van der Waals surface area contributed by atoms with Crippen LogP contribution in [0, 0.1) is 0 Å². The summed E-state index contributed by atoms with van der Waals surface area (Å²) in [5.74, 6) is -1.31. The highest BCUT2D eigenvalue weighted by Gasteiger charge is 2.59. The highest BCUT2D eigenvalue weighted by molar-refractivity contribution is 7.97. The SMILES string of the molecule is CSCc1ccc(C2(O)C(=O)OC(CC(O)O)C2=O)o1. The molecule has 2 atom stereocenters. The lowest BCUT2D eigenvalue weighted by atomic mass is 9.94. The van der Waals surface area contributed by atoms with Crippen molar-refractivity contribution in [1.29, 1.82) is 0 Å². The van der Waals surface area contributed by atoms with Crippen LogP contribution in [-0.4, -0.2) is 45.7 Å². The molecular weight excluding hydrogens is 288 g/mol. The van der Waals surface area contributed by atoms with Gasteiger partial charge in [0.1, 0.15) is 5.76 Å². The number of ether oxygens (including phenoxy) is 1. The van der Waals surface area contributed by atoms with Crippen molar-refractivity contribution >= 4 is 23.5 Å². The predicted octanol–water partition coefficient (Wildman–Crippen LogP) is -0.474. The molecule has 2 rings (SSSR count). The van der Waals surface area contributed by atoms with Crippen molar-refractivity contribution in [3.63, 3.8) is 0 Å². The number of esters is 1. The summed E-state index contributed by atoms with van der Waals surface area (Å²) in [6, 6.07) is 2.89. The molecule has 0 radical (unpaired) electrons. The van der Waals surface area contributed by atoms with E-state index in [1.165, 1.54) is 17.8 Å². The summed E-state index contributed by atoms with van der Waals surface area (Å²) in [7, 11) is 0. The highest BCUT2D eigenvalue weighted by Crippen LogP contribution is 2.35. The number of hydrogen-bond donors (Lipinski definition) is 3. The summed E-state index contributed by atoms with van der Waals surface area (Å²) in [5, 5.41) is 27.9. The maximum absolute atomic E-state index is 12.1. The number of hydrogen-bond acceptors (Lipinski definition) is 8. The van der Waals surface area contributed by atoms with Crippen molar-refractivity contribution < 1.29 is 34.1 Å². The first kappa shape index (κ1) is 15.0. The van der Waals surface area contributed by atoms with Crippen LogP contribution in [0.1, 0.15) is 17.9 Å². The van der Waals surface area contributed by atoms with Crippen molar-refractivity contribution in [2.75, 3.05) is 6.26 Å². The van der Waals surface area contributed by atoms with E-state index in [-0.39, 0.29) is 5.76 Å². The first-order valence-electron chi connectivity index (χ1n) is 5.81. The second-order valence-electron chi connectivity index (χ2n) is 4.38. The van der Waals surface area contributed by atoms with Gasteiger partial charge in [0.15, 0.2) is 18.2 Å². The van der Waals surface area contributed by atoms with Crippen molar-refractivity contribution in [2.24, 2.45) is 0 Å². The van der Waals surface area contributed by atoms with Gasteiger partial charge in [0, 0.05) is 6.42 Å². The Bertz CT molecular complexity index is 524. The lowest BCUT2D eigenvalue weighted by Gasteiger charge is -2.13. The highest BCUT2D eigenvalue weighted by atomic mass is 32.2. The summed E-state index contributed by atoms with van der Waals surface area (Å²) in [6.07, 6.45) is -1.86. The van der Waals surface area contributed by atoms with Gasteiger partial charge in [0.2, 0.25) is 5.78 Å². The largest absolute Gasteiger partial charge is 0.461 e. The molecule has 0 spiro atoms. The molecule has 0 bridgehead atoms. The fourth-order valence-corrected chi connectivity index (χ4v) is 2.40. The topological polar surface area (TPSA) is 117 Å². The molecule has 110 valence electrons. The third kappa shape index (κ3) is 2.47. The minimum Gasteiger partial charge on any atom is -0.461 e. The van der Waals surface area contributed by atoms with E-state index in [2.05, 4.69) is 0 Å². The van der Waals surface area contributed by atoms with E-state index in [1.54, 1.807) is 6.07 Å². The minimum atomic E-state index is -2.52. The van der Waals surface area contributed by atoms with Gasteiger partial charge in [-0.05, 0) is 18.4 Å². The first-order chi connectivity index (χ1) is 9.39. The Kier molecular flexibility index (Phi) is 4.19. The van der Waals surface area contributed by atoms with Crippen molar-refractivity contribution in [3.8, 4) is 0 Å². The Morgan fingerprint density at radius 3 is 2.70 bits per heavy atom. The van der Waals surface area contributed by atoms with E-state index >= 15 is 0 Å². The minimum absolute atomic E-state index is 0.216. The Labute approximate surface area is 118 Å². The lowest BCUT2D eigenvalue weighted by Crippen LogP contribution is -2.39. The molecule has 1 aromatic heterocycles. The zero-order chi connectivity index (χ0) is 14.9. The zero-order valence-corrected chi connectivity index (χ0v) is 11.4. The molecule has 3 N–H and O–H groups in total. The number of aliphatic hydroxyl groups excluding tert-OH is 1. The fraction of sp³-hybridized carbons (Fsp3) is 0.500. The third-order valence-corrected chi connectivity index (χ3v) is 3.50. The Balaban J connectivity index is 2.28. The zero-order valence-electron chi connectivity index (χ0n) is 10.6. The molecule has 7 nitrogen and oxygen atoms in total. The van der Waals surface area contributed by atoms with E-state index in [9.17, 15) is 14.7 Å². The molecule has 0 saturated carbocycles. The third-order valence-electron chi connectivity index (χ3n) is 2.92. The Morgan fingerprint density at radius 1 is 1.40 bits per heavy atom. The maximum atomic E-state index is 12.1. The van der Waals surface area contributed by atoms with Gasteiger partial charge in [-0.15, -0.1) is 0 Å². The molecule has 0 aliphatic carbocycles. The summed E-state index contributed by atoms with van der Waals surface area (Å²) in [6.45, 7) is 0. The Morgan fingerprint density at radius 2 is 2.10 bits per heavy atom. The van der Waals surface area contributed by atoms with Crippen LogP contribution in [-0.2, 0) is 25.7 Å². The van der Waals surface area contributed by atoms with Gasteiger partial charge in [-0.25, -0.2) is 4.79 Å². The average molecular weight is 302 g/mol.